The van der Waals surface area contributed by atoms with Crippen molar-refractivity contribution in [3.63, 3.8) is 0 Å². The van der Waals surface area contributed by atoms with E-state index < -0.39 is 5.60 Å². The quantitative estimate of drug-likeness (QED) is 0.859. The van der Waals surface area contributed by atoms with Crippen molar-refractivity contribution in [2.24, 2.45) is 0 Å². The van der Waals surface area contributed by atoms with E-state index in [0.717, 1.165) is 17.7 Å². The Morgan fingerprint density at radius 3 is 2.90 bits per heavy atom. The van der Waals surface area contributed by atoms with Gasteiger partial charge >= 0.3 is 0 Å². The van der Waals surface area contributed by atoms with Gasteiger partial charge < -0.3 is 15.2 Å². The minimum atomic E-state index is -0.805. The molecular formula is C16H24N2O3. The molecule has 1 heterocycles. The lowest BCUT2D eigenvalue weighted by Crippen LogP contribution is -2.43. The molecule has 0 saturated heterocycles. The van der Waals surface area contributed by atoms with Gasteiger partial charge in [0.25, 0.3) is 0 Å². The molecule has 1 atom stereocenters. The maximum Gasteiger partial charge on any atom is 0.234 e. The summed E-state index contributed by atoms with van der Waals surface area (Å²) in [7, 11) is 1.83. The zero-order chi connectivity index (χ0) is 15.5. The number of ether oxygens (including phenoxy) is 1. The van der Waals surface area contributed by atoms with Crippen LogP contribution in [0.3, 0.4) is 0 Å². The third kappa shape index (κ3) is 4.72. The first-order valence-electron chi connectivity index (χ1n) is 7.27. The Morgan fingerprint density at radius 1 is 1.48 bits per heavy atom. The van der Waals surface area contributed by atoms with Crippen molar-refractivity contribution in [1.82, 2.24) is 10.2 Å². The van der Waals surface area contributed by atoms with Crippen LogP contribution in [0.4, 0.5) is 0 Å². The molecule has 21 heavy (non-hydrogen) atoms. The van der Waals surface area contributed by atoms with Crippen LogP contribution in [0.25, 0.3) is 0 Å². The third-order valence-corrected chi connectivity index (χ3v) is 3.36. The Bertz CT molecular complexity index is 497. The number of hydrogen-bond acceptors (Lipinski definition) is 4. The lowest BCUT2D eigenvalue weighted by atomic mass is 10.0. The molecule has 0 fully saturated rings. The summed E-state index contributed by atoms with van der Waals surface area (Å²) in [4.78, 5) is 14.0. The summed E-state index contributed by atoms with van der Waals surface area (Å²) >= 11 is 0. The predicted molar refractivity (Wildman–Crippen MR) is 81.2 cm³/mol. The average molecular weight is 292 g/mol. The molecule has 0 bridgehead atoms. The minimum absolute atomic E-state index is 0.00186. The fraction of sp³-hybridized carbons (Fsp3) is 0.562. The van der Waals surface area contributed by atoms with Crippen LogP contribution < -0.4 is 10.1 Å². The molecule has 5 heteroatoms. The van der Waals surface area contributed by atoms with Crippen molar-refractivity contribution in [1.29, 1.82) is 0 Å². The van der Waals surface area contributed by atoms with Gasteiger partial charge in [0.2, 0.25) is 5.91 Å². The van der Waals surface area contributed by atoms with E-state index in [-0.39, 0.29) is 18.5 Å². The molecule has 5 nitrogen and oxygen atoms in total. The molecule has 1 unspecified atom stereocenters. The standard InChI is InChI=1S/C16H24N2O3/c1-16(2,20)11-18(3)10-15(19)17-13-8-9-21-14-7-5-4-6-12(13)14/h4-7,13,20H,8-11H2,1-3H3,(H,17,19). The number of benzene rings is 1. The van der Waals surface area contributed by atoms with Crippen molar-refractivity contribution in [2.45, 2.75) is 31.9 Å². The Hall–Kier alpha value is -1.59. The van der Waals surface area contributed by atoms with Gasteiger partial charge in [0, 0.05) is 18.5 Å². The molecule has 1 aliphatic heterocycles. The predicted octanol–water partition coefficient (Wildman–Crippen LogP) is 1.33. The van der Waals surface area contributed by atoms with E-state index in [4.69, 9.17) is 4.74 Å². The second-order valence-electron chi connectivity index (χ2n) is 6.28. The summed E-state index contributed by atoms with van der Waals surface area (Å²) in [6.45, 7) is 4.79. The highest BCUT2D eigenvalue weighted by Gasteiger charge is 2.23. The number of carbonyl (C=O) groups is 1. The highest BCUT2D eigenvalue weighted by atomic mass is 16.5. The number of para-hydroxylation sites is 1. The van der Waals surface area contributed by atoms with Gasteiger partial charge in [-0.1, -0.05) is 18.2 Å². The van der Waals surface area contributed by atoms with Crippen LogP contribution in [0.5, 0.6) is 5.75 Å². The molecule has 0 spiro atoms. The van der Waals surface area contributed by atoms with E-state index in [0.29, 0.717) is 13.2 Å². The van der Waals surface area contributed by atoms with Gasteiger partial charge in [-0.25, -0.2) is 0 Å². The summed E-state index contributed by atoms with van der Waals surface area (Å²) in [6, 6.07) is 7.79. The van der Waals surface area contributed by atoms with Crippen LogP contribution in [0.2, 0.25) is 0 Å². The number of rotatable bonds is 5. The summed E-state index contributed by atoms with van der Waals surface area (Å²) in [5.74, 6) is 0.808. The molecule has 116 valence electrons. The van der Waals surface area contributed by atoms with Gasteiger partial charge in [0.1, 0.15) is 5.75 Å². The van der Waals surface area contributed by atoms with Crippen LogP contribution >= 0.6 is 0 Å². The van der Waals surface area contributed by atoms with Crippen LogP contribution in [0.1, 0.15) is 31.9 Å². The molecular weight excluding hydrogens is 268 g/mol. The summed E-state index contributed by atoms with van der Waals surface area (Å²) in [6.07, 6.45) is 0.776. The molecule has 2 N–H and O–H groups in total. The Labute approximate surface area is 125 Å². The summed E-state index contributed by atoms with van der Waals surface area (Å²) in [5, 5.41) is 12.8. The van der Waals surface area contributed by atoms with E-state index in [9.17, 15) is 9.90 Å². The zero-order valence-corrected chi connectivity index (χ0v) is 12.9. The van der Waals surface area contributed by atoms with Crippen molar-refractivity contribution < 1.29 is 14.6 Å². The first-order valence-corrected chi connectivity index (χ1v) is 7.27. The van der Waals surface area contributed by atoms with E-state index in [2.05, 4.69) is 5.32 Å². The third-order valence-electron chi connectivity index (χ3n) is 3.36. The molecule has 0 radical (unpaired) electrons. The molecule has 1 aliphatic rings. The van der Waals surface area contributed by atoms with Gasteiger partial charge in [-0.15, -0.1) is 0 Å². The number of likely N-dealkylation sites (N-methyl/N-ethyl adjacent to an activating group) is 1. The molecule has 2 rings (SSSR count). The highest BCUT2D eigenvalue weighted by Crippen LogP contribution is 2.31. The second kappa shape index (κ2) is 6.45. The fourth-order valence-corrected chi connectivity index (χ4v) is 2.69. The van der Waals surface area contributed by atoms with Crippen molar-refractivity contribution >= 4 is 5.91 Å². The molecule has 0 aliphatic carbocycles. The average Bonchev–Trinajstić information content (AvgIpc) is 2.36. The number of hydrogen-bond donors (Lipinski definition) is 2. The smallest absolute Gasteiger partial charge is 0.234 e. The molecule has 1 amide bonds. The van der Waals surface area contributed by atoms with Gasteiger partial charge in [0.05, 0.1) is 24.8 Å². The van der Waals surface area contributed by atoms with Crippen LogP contribution in [0.15, 0.2) is 24.3 Å². The zero-order valence-electron chi connectivity index (χ0n) is 12.9. The number of nitrogens with one attached hydrogen (secondary N) is 1. The highest BCUT2D eigenvalue weighted by molar-refractivity contribution is 5.78. The number of fused-ring (bicyclic) bond motifs is 1. The van der Waals surface area contributed by atoms with Crippen molar-refractivity contribution in [3.05, 3.63) is 29.8 Å². The SMILES string of the molecule is CN(CC(=O)NC1CCOc2ccccc21)CC(C)(C)O. The molecule has 0 saturated carbocycles. The van der Waals surface area contributed by atoms with Crippen LogP contribution in [-0.2, 0) is 4.79 Å². The lowest BCUT2D eigenvalue weighted by molar-refractivity contribution is -0.123. The van der Waals surface area contributed by atoms with E-state index >= 15 is 0 Å². The molecule has 0 aromatic heterocycles. The van der Waals surface area contributed by atoms with Crippen molar-refractivity contribution in [2.75, 3.05) is 26.7 Å². The Kier molecular flexibility index (Phi) is 4.85. The number of carbonyl (C=O) groups excluding carboxylic acids is 1. The molecule has 1 aromatic rings. The summed E-state index contributed by atoms with van der Waals surface area (Å²) in [5.41, 5.74) is 0.225. The first kappa shape index (κ1) is 15.8. The van der Waals surface area contributed by atoms with E-state index in [1.54, 1.807) is 13.8 Å². The van der Waals surface area contributed by atoms with Gasteiger partial charge in [0.15, 0.2) is 0 Å². The van der Waals surface area contributed by atoms with E-state index in [1.807, 2.05) is 36.2 Å². The van der Waals surface area contributed by atoms with Crippen LogP contribution in [-0.4, -0.2) is 48.3 Å². The molecule has 1 aromatic carbocycles. The fourth-order valence-electron chi connectivity index (χ4n) is 2.69. The van der Waals surface area contributed by atoms with Gasteiger partial charge in [-0.3, -0.25) is 9.69 Å². The second-order valence-corrected chi connectivity index (χ2v) is 6.28. The van der Waals surface area contributed by atoms with E-state index in [1.165, 1.54) is 0 Å². The Morgan fingerprint density at radius 2 is 2.19 bits per heavy atom. The largest absolute Gasteiger partial charge is 0.493 e. The van der Waals surface area contributed by atoms with Gasteiger partial charge in [-0.05, 0) is 27.0 Å². The number of amides is 1. The monoisotopic (exact) mass is 292 g/mol. The summed E-state index contributed by atoms with van der Waals surface area (Å²) < 4.78 is 5.59. The minimum Gasteiger partial charge on any atom is -0.493 e. The lowest BCUT2D eigenvalue weighted by Gasteiger charge is -2.28. The number of nitrogens with zero attached hydrogens (tertiary/aromatic N) is 1. The number of aliphatic hydroxyl groups is 1. The van der Waals surface area contributed by atoms with Crippen molar-refractivity contribution in [3.8, 4) is 5.75 Å². The maximum absolute atomic E-state index is 12.1. The van der Waals surface area contributed by atoms with Crippen LogP contribution in [0, 0.1) is 0 Å². The normalized spacial score (nSPS) is 18.0. The maximum atomic E-state index is 12.1. The Balaban J connectivity index is 1.92. The first-order chi connectivity index (χ1) is 9.85. The topological polar surface area (TPSA) is 61.8 Å². The van der Waals surface area contributed by atoms with Gasteiger partial charge in [-0.2, -0.15) is 0 Å².